The van der Waals surface area contributed by atoms with Gasteiger partial charge in [0.25, 0.3) is 0 Å². The normalized spacial score (nSPS) is 12.1. The van der Waals surface area contributed by atoms with Crippen molar-refractivity contribution in [3.05, 3.63) is 82.6 Å². The maximum atomic E-state index is 13.6. The molecule has 0 saturated carbocycles. The second-order valence-corrected chi connectivity index (χ2v) is 9.00. The molecule has 5 nitrogen and oxygen atoms in total. The highest BCUT2D eigenvalue weighted by Gasteiger charge is 2.21. The van der Waals surface area contributed by atoms with E-state index in [4.69, 9.17) is 16.7 Å². The number of aliphatic hydroxyl groups is 1. The van der Waals surface area contributed by atoms with E-state index in [9.17, 15) is 19.6 Å². The van der Waals surface area contributed by atoms with Gasteiger partial charge >= 0.3 is 0 Å². The van der Waals surface area contributed by atoms with E-state index in [0.717, 1.165) is 5.39 Å². The molecule has 1 atom stereocenters. The summed E-state index contributed by atoms with van der Waals surface area (Å²) in [5, 5.41) is 24.9. The van der Waals surface area contributed by atoms with Crippen molar-refractivity contribution >= 4 is 28.3 Å². The molecule has 1 aromatic heterocycles. The first-order valence-corrected chi connectivity index (χ1v) is 11.3. The van der Waals surface area contributed by atoms with Gasteiger partial charge in [-0.3, -0.25) is 4.79 Å². The quantitative estimate of drug-likeness (QED) is 0.323. The van der Waals surface area contributed by atoms with Crippen molar-refractivity contribution in [3.63, 3.8) is 0 Å². The molecule has 0 aliphatic heterocycles. The first-order chi connectivity index (χ1) is 16.3. The highest BCUT2D eigenvalue weighted by atomic mass is 35.5. The molecule has 172 valence electrons. The molecule has 0 fully saturated rings. The van der Waals surface area contributed by atoms with Gasteiger partial charge in [0.2, 0.25) is 0 Å². The van der Waals surface area contributed by atoms with E-state index in [0.29, 0.717) is 38.6 Å². The van der Waals surface area contributed by atoms with Gasteiger partial charge < -0.3 is 5.11 Å². The summed E-state index contributed by atoms with van der Waals surface area (Å²) in [6.45, 7) is 3.90. The fraction of sp³-hybridized carbons (Fsp3) is 0.222. The molecular formula is C27H23ClFN3O2. The number of carbonyl (C=O) groups is 1. The molecule has 0 unspecified atom stereocenters. The zero-order valence-electron chi connectivity index (χ0n) is 18.8. The van der Waals surface area contributed by atoms with E-state index < -0.39 is 0 Å². The number of hydrogen-bond donors (Lipinski definition) is 1. The summed E-state index contributed by atoms with van der Waals surface area (Å²) in [4.78, 5) is 13.0. The van der Waals surface area contributed by atoms with E-state index in [2.05, 4.69) is 6.07 Å². The molecule has 0 spiro atoms. The van der Waals surface area contributed by atoms with Gasteiger partial charge in [0.15, 0.2) is 5.78 Å². The third kappa shape index (κ3) is 4.58. The minimum absolute atomic E-state index is 0.0585. The lowest BCUT2D eigenvalue weighted by atomic mass is 9.89. The lowest BCUT2D eigenvalue weighted by Crippen LogP contribution is -2.18. The lowest BCUT2D eigenvalue weighted by molar-refractivity contribution is 0.0907. The zero-order valence-corrected chi connectivity index (χ0v) is 19.6. The molecule has 1 N–H and O–H groups in total. The molecule has 0 amide bonds. The molecule has 4 rings (SSSR count). The summed E-state index contributed by atoms with van der Waals surface area (Å²) in [7, 11) is 0. The van der Waals surface area contributed by atoms with E-state index >= 15 is 0 Å². The third-order valence-corrected chi connectivity index (χ3v) is 6.38. The van der Waals surface area contributed by atoms with Crippen molar-refractivity contribution in [3.8, 4) is 23.0 Å². The first kappa shape index (κ1) is 23.6. The Morgan fingerprint density at radius 2 is 1.88 bits per heavy atom. The molecule has 3 aromatic carbocycles. The molecule has 0 aliphatic carbocycles. The van der Waals surface area contributed by atoms with Crippen LogP contribution in [-0.2, 0) is 0 Å². The van der Waals surface area contributed by atoms with Gasteiger partial charge in [-0.05, 0) is 66.4 Å². The monoisotopic (exact) mass is 475 g/mol. The molecule has 0 aliphatic rings. The Morgan fingerprint density at radius 3 is 2.53 bits per heavy atom. The largest absolute Gasteiger partial charge is 0.396 e. The van der Waals surface area contributed by atoms with Crippen LogP contribution in [0.4, 0.5) is 4.39 Å². The number of halogens is 2. The Hall–Kier alpha value is -3.53. The van der Waals surface area contributed by atoms with Crippen LogP contribution < -0.4 is 0 Å². The summed E-state index contributed by atoms with van der Waals surface area (Å²) in [5.74, 6) is -0.408. The van der Waals surface area contributed by atoms with Crippen molar-refractivity contribution < 1.29 is 14.3 Å². The Morgan fingerprint density at radius 1 is 1.15 bits per heavy atom. The fourth-order valence-electron chi connectivity index (χ4n) is 3.91. The highest BCUT2D eigenvalue weighted by Crippen LogP contribution is 2.35. The molecule has 1 heterocycles. The minimum Gasteiger partial charge on any atom is -0.396 e. The number of fused-ring (bicyclic) bond motifs is 1. The van der Waals surface area contributed by atoms with Crippen LogP contribution in [0.5, 0.6) is 0 Å². The van der Waals surface area contributed by atoms with Crippen molar-refractivity contribution in [1.82, 2.24) is 9.78 Å². The minimum atomic E-state index is -0.371. The second kappa shape index (κ2) is 9.76. The number of aromatic nitrogens is 2. The van der Waals surface area contributed by atoms with Gasteiger partial charge in [-0.25, -0.2) is 9.07 Å². The molecule has 34 heavy (non-hydrogen) atoms. The number of benzene rings is 3. The number of hydrogen-bond acceptors (Lipinski definition) is 4. The number of ketones is 1. The van der Waals surface area contributed by atoms with Crippen molar-refractivity contribution in [1.29, 1.82) is 5.26 Å². The van der Waals surface area contributed by atoms with Crippen LogP contribution in [0.2, 0.25) is 5.02 Å². The van der Waals surface area contributed by atoms with E-state index in [1.807, 2.05) is 19.9 Å². The van der Waals surface area contributed by atoms with Crippen LogP contribution in [-0.4, -0.2) is 27.3 Å². The first-order valence-electron chi connectivity index (χ1n) is 10.9. The van der Waals surface area contributed by atoms with Gasteiger partial charge in [-0.1, -0.05) is 31.5 Å². The van der Waals surface area contributed by atoms with Crippen molar-refractivity contribution in [2.24, 2.45) is 11.8 Å². The Labute approximate surface area is 202 Å². The molecule has 0 saturated heterocycles. The van der Waals surface area contributed by atoms with Gasteiger partial charge in [-0.15, -0.1) is 0 Å². The highest BCUT2D eigenvalue weighted by molar-refractivity contribution is 6.33. The topological polar surface area (TPSA) is 78.9 Å². The predicted molar refractivity (Wildman–Crippen MR) is 131 cm³/mol. The summed E-state index contributed by atoms with van der Waals surface area (Å²) in [6.07, 6.45) is 0.229. The number of carbonyl (C=O) groups excluding carboxylic acids is 1. The molecule has 0 radical (unpaired) electrons. The maximum Gasteiger partial charge on any atom is 0.163 e. The van der Waals surface area contributed by atoms with Crippen LogP contribution in [0.1, 0.15) is 36.2 Å². The van der Waals surface area contributed by atoms with Gasteiger partial charge in [0.05, 0.1) is 27.9 Å². The van der Waals surface area contributed by atoms with Crippen LogP contribution in [0.3, 0.4) is 0 Å². The number of aliphatic hydroxyl groups excluding tert-OH is 1. The number of Topliss-reactive ketones (excluding diaryl/α,β-unsaturated/α-hetero) is 1. The number of nitriles is 1. The summed E-state index contributed by atoms with van der Waals surface area (Å²) >= 11 is 6.46. The van der Waals surface area contributed by atoms with Crippen LogP contribution >= 0.6 is 11.6 Å². The van der Waals surface area contributed by atoms with Crippen LogP contribution in [0.15, 0.2) is 60.7 Å². The van der Waals surface area contributed by atoms with Gasteiger partial charge in [0, 0.05) is 29.5 Å². The summed E-state index contributed by atoms with van der Waals surface area (Å²) in [6, 6.07) is 18.3. The average Bonchev–Trinajstić information content (AvgIpc) is 3.21. The summed E-state index contributed by atoms with van der Waals surface area (Å²) < 4.78 is 15.2. The zero-order chi connectivity index (χ0) is 24.4. The molecule has 4 aromatic rings. The predicted octanol–water partition coefficient (Wildman–Crippen LogP) is 6.19. The molecule has 0 bridgehead atoms. The van der Waals surface area contributed by atoms with E-state index in [-0.39, 0.29) is 36.5 Å². The van der Waals surface area contributed by atoms with Crippen LogP contribution in [0.25, 0.3) is 27.8 Å². The lowest BCUT2D eigenvalue weighted by Gasteiger charge is -2.17. The van der Waals surface area contributed by atoms with Gasteiger partial charge in [-0.2, -0.15) is 10.4 Å². The number of nitrogens with zero attached hydrogens (tertiary/aromatic N) is 3. The van der Waals surface area contributed by atoms with Crippen LogP contribution in [0, 0.1) is 29.0 Å². The fourth-order valence-corrected chi connectivity index (χ4v) is 4.12. The smallest absolute Gasteiger partial charge is 0.163 e. The van der Waals surface area contributed by atoms with Crippen molar-refractivity contribution in [2.45, 2.75) is 20.3 Å². The standard InChI is InChI=1S/C27H23ClFN3O2/c1-16(2)19(15-33)13-26(34)18-4-9-22-25(12-18)32(21-7-5-20(29)6-8-21)31-27(22)23-11-17(14-30)3-10-24(23)28/h3-12,16,19,33H,13,15H2,1-2H3/t19-/m1/s1. The third-order valence-electron chi connectivity index (χ3n) is 6.05. The Bertz CT molecular complexity index is 1400. The van der Waals surface area contributed by atoms with E-state index in [1.54, 1.807) is 47.1 Å². The maximum absolute atomic E-state index is 13.6. The molecule has 7 heteroatoms. The average molecular weight is 476 g/mol. The van der Waals surface area contributed by atoms with Gasteiger partial charge in [0.1, 0.15) is 11.5 Å². The van der Waals surface area contributed by atoms with E-state index in [1.165, 1.54) is 12.1 Å². The SMILES string of the molecule is CC(C)[C@@H](CO)CC(=O)c1ccc2c(-c3cc(C#N)ccc3Cl)nn(-c3ccc(F)cc3)c2c1. The second-order valence-electron chi connectivity index (χ2n) is 8.59. The number of rotatable bonds is 7. The Kier molecular flexibility index (Phi) is 6.78. The Balaban J connectivity index is 1.90. The summed E-state index contributed by atoms with van der Waals surface area (Å²) in [5.41, 5.74) is 3.35. The molecular weight excluding hydrogens is 453 g/mol. The van der Waals surface area contributed by atoms with Crippen molar-refractivity contribution in [2.75, 3.05) is 6.61 Å².